The van der Waals surface area contributed by atoms with Gasteiger partial charge in [0.1, 0.15) is 29.1 Å². The minimum atomic E-state index is -4.24. The topological polar surface area (TPSA) is 191 Å². The lowest BCUT2D eigenvalue weighted by molar-refractivity contribution is -0.209. The van der Waals surface area contributed by atoms with E-state index in [0.29, 0.717) is 17.8 Å². The Morgan fingerprint density at radius 3 is 2.71 bits per heavy atom. The van der Waals surface area contributed by atoms with Crippen molar-refractivity contribution in [3.63, 3.8) is 0 Å². The smallest absolute Gasteiger partial charge is 0.459 e. The number of aliphatic hydroxyl groups excluding tert-OH is 1. The monoisotopic (exact) mass is 606 g/mol. The van der Waals surface area contributed by atoms with Crippen molar-refractivity contribution in [1.29, 1.82) is 0 Å². The number of nitrogens with one attached hydrogen (secondary N) is 1. The van der Waals surface area contributed by atoms with Crippen LogP contribution in [-0.2, 0) is 28.1 Å². The van der Waals surface area contributed by atoms with Crippen LogP contribution in [0.3, 0.4) is 0 Å². The number of carbonyl (C=O) groups is 1. The average molecular weight is 607 g/mol. The van der Waals surface area contributed by atoms with Gasteiger partial charge in [0, 0.05) is 0 Å². The van der Waals surface area contributed by atoms with Gasteiger partial charge in [0.15, 0.2) is 17.4 Å². The SMILES string of the molecule is CCOc1nc(N)nc2c1ncn2[C@@H]1O[C@@]2(CO[P@@](=O)(N[C@@H](C)C(=O)OC(C)C)Oc3ccccc3)CO[C@]1(C)[C@@H]2O. The van der Waals surface area contributed by atoms with Crippen LogP contribution in [0, 0.1) is 0 Å². The van der Waals surface area contributed by atoms with Crippen molar-refractivity contribution < 1.29 is 42.5 Å². The highest BCUT2D eigenvalue weighted by Gasteiger charge is 2.69. The maximum absolute atomic E-state index is 14.0. The van der Waals surface area contributed by atoms with E-state index in [1.807, 2.05) is 0 Å². The molecule has 0 radical (unpaired) electrons. The minimum absolute atomic E-state index is 0.0318. The quantitative estimate of drug-likeness (QED) is 0.201. The molecule has 0 amide bonds. The summed E-state index contributed by atoms with van der Waals surface area (Å²) in [6, 6.07) is 7.30. The first-order chi connectivity index (χ1) is 19.9. The molecular formula is C26H35N6O9P. The third-order valence-corrected chi connectivity index (χ3v) is 8.57. The van der Waals surface area contributed by atoms with Crippen LogP contribution in [0.5, 0.6) is 11.6 Å². The minimum Gasteiger partial charge on any atom is -0.476 e. The van der Waals surface area contributed by atoms with Gasteiger partial charge in [-0.1, -0.05) is 18.2 Å². The maximum Gasteiger partial charge on any atom is 0.459 e. The molecule has 6 atom stereocenters. The van der Waals surface area contributed by atoms with Crippen LogP contribution in [0.2, 0.25) is 0 Å². The Bertz CT molecular complexity index is 1490. The molecule has 0 saturated carbocycles. The fourth-order valence-electron chi connectivity index (χ4n) is 4.93. The van der Waals surface area contributed by atoms with Gasteiger partial charge in [0.05, 0.1) is 32.3 Å². The zero-order valence-electron chi connectivity index (χ0n) is 23.9. The van der Waals surface area contributed by atoms with E-state index in [0.717, 1.165) is 0 Å². The number of nitrogens with zero attached hydrogens (tertiary/aromatic N) is 4. The summed E-state index contributed by atoms with van der Waals surface area (Å²) in [4.78, 5) is 25.3. The summed E-state index contributed by atoms with van der Waals surface area (Å²) in [5.41, 5.74) is 3.86. The normalized spacial score (nSPS) is 27.2. The molecule has 42 heavy (non-hydrogen) atoms. The maximum atomic E-state index is 14.0. The molecule has 0 spiro atoms. The van der Waals surface area contributed by atoms with E-state index >= 15 is 0 Å². The van der Waals surface area contributed by atoms with Gasteiger partial charge in [-0.2, -0.15) is 15.1 Å². The first kappa shape index (κ1) is 30.1. The van der Waals surface area contributed by atoms with Gasteiger partial charge in [-0.15, -0.1) is 0 Å². The third-order valence-electron chi connectivity index (χ3n) is 6.95. The van der Waals surface area contributed by atoms with E-state index in [1.165, 1.54) is 13.3 Å². The number of nitrogen functional groups attached to an aromatic ring is 1. The number of aromatic nitrogens is 4. The van der Waals surface area contributed by atoms with Gasteiger partial charge in [0.25, 0.3) is 0 Å². The molecule has 5 rings (SSSR count). The predicted octanol–water partition coefficient (Wildman–Crippen LogP) is 2.36. The summed E-state index contributed by atoms with van der Waals surface area (Å²) in [6.45, 7) is 8.21. The summed E-state index contributed by atoms with van der Waals surface area (Å²) in [5, 5.41) is 14.1. The Labute approximate surface area is 242 Å². The highest BCUT2D eigenvalue weighted by molar-refractivity contribution is 7.52. The van der Waals surface area contributed by atoms with E-state index in [4.69, 9.17) is 33.7 Å². The molecular weight excluding hydrogens is 571 g/mol. The lowest BCUT2D eigenvalue weighted by Crippen LogP contribution is -2.46. The van der Waals surface area contributed by atoms with Gasteiger partial charge < -0.3 is 34.3 Å². The molecule has 4 heterocycles. The van der Waals surface area contributed by atoms with Crippen molar-refractivity contribution in [1.82, 2.24) is 24.6 Å². The lowest BCUT2D eigenvalue weighted by Gasteiger charge is -2.34. The number of hydrogen-bond acceptors (Lipinski definition) is 13. The number of benzene rings is 1. The van der Waals surface area contributed by atoms with Crippen molar-refractivity contribution in [2.24, 2.45) is 0 Å². The number of rotatable bonds is 12. The lowest BCUT2D eigenvalue weighted by atomic mass is 9.92. The van der Waals surface area contributed by atoms with Gasteiger partial charge in [-0.05, 0) is 46.8 Å². The Balaban J connectivity index is 1.41. The fraction of sp³-hybridized carbons (Fsp3) is 0.538. The summed E-state index contributed by atoms with van der Waals surface area (Å²) in [5.74, 6) is -0.226. The summed E-state index contributed by atoms with van der Waals surface area (Å²) < 4.78 is 50.4. The molecule has 1 aromatic carbocycles. The van der Waals surface area contributed by atoms with E-state index in [9.17, 15) is 14.5 Å². The molecule has 2 aliphatic rings. The summed E-state index contributed by atoms with van der Waals surface area (Å²) in [7, 11) is -4.24. The Hall–Kier alpha value is -3.33. The number of esters is 1. The second-order valence-corrected chi connectivity index (χ2v) is 12.3. The number of anilines is 1. The average Bonchev–Trinajstić information content (AvgIpc) is 3.53. The van der Waals surface area contributed by atoms with Crippen molar-refractivity contribution in [2.75, 3.05) is 25.6 Å². The number of fused-ring (bicyclic) bond motifs is 3. The number of aliphatic hydroxyl groups is 1. The van der Waals surface area contributed by atoms with Crippen molar-refractivity contribution >= 4 is 30.8 Å². The van der Waals surface area contributed by atoms with Crippen molar-refractivity contribution in [3.8, 4) is 11.6 Å². The molecule has 3 aromatic rings. The molecule has 15 nitrogen and oxygen atoms in total. The molecule has 0 aliphatic carbocycles. The fourth-order valence-corrected chi connectivity index (χ4v) is 6.48. The zero-order valence-corrected chi connectivity index (χ0v) is 24.8. The number of ether oxygens (including phenoxy) is 4. The number of nitrogens with two attached hydrogens (primary N) is 1. The van der Waals surface area contributed by atoms with Gasteiger partial charge in [0.2, 0.25) is 11.8 Å². The predicted molar refractivity (Wildman–Crippen MR) is 149 cm³/mol. The van der Waals surface area contributed by atoms with Crippen molar-refractivity contribution in [2.45, 2.75) is 70.3 Å². The molecule has 16 heteroatoms. The number of para-hydroxylation sites is 1. The summed E-state index contributed by atoms with van der Waals surface area (Å²) in [6.07, 6.45) is -1.07. The second-order valence-electron chi connectivity index (χ2n) is 10.6. The number of carbonyl (C=O) groups excluding carboxylic acids is 1. The Kier molecular flexibility index (Phi) is 8.18. The molecule has 2 fully saturated rings. The summed E-state index contributed by atoms with van der Waals surface area (Å²) >= 11 is 0. The first-order valence-corrected chi connectivity index (χ1v) is 15.0. The van der Waals surface area contributed by atoms with Crippen LogP contribution in [0.4, 0.5) is 5.95 Å². The van der Waals surface area contributed by atoms with E-state index in [2.05, 4.69) is 20.0 Å². The van der Waals surface area contributed by atoms with E-state index < -0.39 is 49.9 Å². The van der Waals surface area contributed by atoms with E-state index in [1.54, 1.807) is 62.6 Å². The van der Waals surface area contributed by atoms with Crippen LogP contribution in [-0.4, -0.2) is 79.9 Å². The molecule has 2 aliphatic heterocycles. The highest BCUT2D eigenvalue weighted by atomic mass is 31.2. The molecule has 4 N–H and O–H groups in total. The second kappa shape index (κ2) is 11.4. The van der Waals surface area contributed by atoms with Crippen LogP contribution in [0.25, 0.3) is 11.2 Å². The van der Waals surface area contributed by atoms with Gasteiger partial charge in [-0.3, -0.25) is 13.9 Å². The molecule has 2 bridgehead atoms. The largest absolute Gasteiger partial charge is 0.476 e. The van der Waals surface area contributed by atoms with E-state index in [-0.39, 0.29) is 30.3 Å². The molecule has 2 aromatic heterocycles. The molecule has 0 unspecified atom stereocenters. The zero-order chi connectivity index (χ0) is 30.3. The van der Waals surface area contributed by atoms with Crippen LogP contribution in [0.1, 0.15) is 40.8 Å². The Morgan fingerprint density at radius 1 is 1.29 bits per heavy atom. The molecule has 228 valence electrons. The van der Waals surface area contributed by atoms with Gasteiger partial charge in [-0.25, -0.2) is 9.55 Å². The van der Waals surface area contributed by atoms with Crippen molar-refractivity contribution in [3.05, 3.63) is 36.7 Å². The van der Waals surface area contributed by atoms with Crippen LogP contribution < -0.4 is 20.1 Å². The van der Waals surface area contributed by atoms with Crippen LogP contribution >= 0.6 is 7.75 Å². The molecule has 2 saturated heterocycles. The third kappa shape index (κ3) is 5.55. The number of imidazole rings is 1. The first-order valence-electron chi connectivity index (χ1n) is 13.5. The standard InChI is InChI=1S/C26H35N6O9P/c1-6-36-20-18-19(29-24(27)30-20)32(14-28-18)23-25(5)22(34)26(40-23,12-37-25)13-38-42(35,41-17-10-8-7-9-11-17)31-16(4)21(33)39-15(2)3/h7-11,14-16,22-23,34H,6,12-13H2,1-5H3,(H,31,35)(H2,27,29,30)/t16-,22-,23+,25+,26+,42-/m0/s1. The Morgan fingerprint density at radius 2 is 2.02 bits per heavy atom. The van der Waals surface area contributed by atoms with Crippen LogP contribution in [0.15, 0.2) is 36.7 Å². The van der Waals surface area contributed by atoms with Gasteiger partial charge >= 0.3 is 13.7 Å². The highest BCUT2D eigenvalue weighted by Crippen LogP contribution is 2.55. The number of hydrogen-bond donors (Lipinski definition) is 3.